The van der Waals surface area contributed by atoms with Gasteiger partial charge in [-0.1, -0.05) is 42.0 Å². The summed E-state index contributed by atoms with van der Waals surface area (Å²) in [5.41, 5.74) is 2.49. The van der Waals surface area contributed by atoms with Gasteiger partial charge < -0.3 is 0 Å². The van der Waals surface area contributed by atoms with Crippen molar-refractivity contribution in [2.24, 2.45) is 5.84 Å². The standard InChI is InChI=1S/C15H14F4N2/c1-9-5-7-10(8-6-9)14(21-20)11-3-2-4-12(13(11)16)15(17,18)19/h2-8,14,21H,20H2,1H3. The normalized spacial score (nSPS) is 13.2. The molecular formula is C15H14F4N2. The zero-order chi connectivity index (χ0) is 15.6. The minimum atomic E-state index is -4.74. The molecule has 0 bridgehead atoms. The van der Waals surface area contributed by atoms with Crippen molar-refractivity contribution in [3.05, 3.63) is 70.5 Å². The van der Waals surface area contributed by atoms with Crippen LogP contribution >= 0.6 is 0 Å². The predicted molar refractivity (Wildman–Crippen MR) is 71.7 cm³/mol. The van der Waals surface area contributed by atoms with Crippen molar-refractivity contribution in [1.29, 1.82) is 0 Å². The number of hydrogen-bond donors (Lipinski definition) is 2. The van der Waals surface area contributed by atoms with Gasteiger partial charge in [0, 0.05) is 5.56 Å². The predicted octanol–water partition coefficient (Wildman–Crippen LogP) is 3.71. The molecule has 0 aliphatic rings. The first-order valence-electron chi connectivity index (χ1n) is 6.23. The molecule has 0 spiro atoms. The molecule has 0 aromatic heterocycles. The molecule has 1 atom stereocenters. The lowest BCUT2D eigenvalue weighted by Crippen LogP contribution is -2.30. The number of halogens is 4. The Morgan fingerprint density at radius 2 is 1.67 bits per heavy atom. The Labute approximate surface area is 119 Å². The highest BCUT2D eigenvalue weighted by Crippen LogP contribution is 2.35. The largest absolute Gasteiger partial charge is 0.419 e. The molecule has 0 radical (unpaired) electrons. The molecule has 6 heteroatoms. The van der Waals surface area contributed by atoms with Gasteiger partial charge in [0.2, 0.25) is 0 Å². The Morgan fingerprint density at radius 1 is 1.05 bits per heavy atom. The number of aryl methyl sites for hydroxylation is 1. The van der Waals surface area contributed by atoms with Gasteiger partial charge in [0.1, 0.15) is 5.82 Å². The number of nitrogens with two attached hydrogens (primary N) is 1. The first kappa shape index (κ1) is 15.5. The third-order valence-corrected chi connectivity index (χ3v) is 3.22. The van der Waals surface area contributed by atoms with Gasteiger partial charge in [-0.3, -0.25) is 5.84 Å². The molecular weight excluding hydrogens is 284 g/mol. The smallest absolute Gasteiger partial charge is 0.271 e. The summed E-state index contributed by atoms with van der Waals surface area (Å²) >= 11 is 0. The van der Waals surface area contributed by atoms with Crippen molar-refractivity contribution in [2.45, 2.75) is 19.1 Å². The van der Waals surface area contributed by atoms with Crippen LogP contribution < -0.4 is 11.3 Å². The van der Waals surface area contributed by atoms with E-state index in [4.69, 9.17) is 5.84 Å². The van der Waals surface area contributed by atoms with E-state index >= 15 is 0 Å². The van der Waals surface area contributed by atoms with E-state index in [-0.39, 0.29) is 5.56 Å². The number of hydrogen-bond acceptors (Lipinski definition) is 2. The van der Waals surface area contributed by atoms with Crippen LogP contribution in [-0.4, -0.2) is 0 Å². The quantitative estimate of drug-likeness (QED) is 0.515. The maximum Gasteiger partial charge on any atom is 0.419 e. The lowest BCUT2D eigenvalue weighted by atomic mass is 9.96. The summed E-state index contributed by atoms with van der Waals surface area (Å²) < 4.78 is 52.4. The second kappa shape index (κ2) is 5.83. The van der Waals surface area contributed by atoms with Crippen LogP contribution in [0.25, 0.3) is 0 Å². The summed E-state index contributed by atoms with van der Waals surface area (Å²) in [5, 5.41) is 0. The molecule has 0 aliphatic carbocycles. The lowest BCUT2D eigenvalue weighted by Gasteiger charge is -2.20. The molecule has 2 aromatic carbocycles. The fourth-order valence-corrected chi connectivity index (χ4v) is 2.12. The van der Waals surface area contributed by atoms with Gasteiger partial charge in [-0.25, -0.2) is 9.82 Å². The SMILES string of the molecule is Cc1ccc(C(NN)c2cccc(C(F)(F)F)c2F)cc1. The van der Waals surface area contributed by atoms with Crippen LogP contribution in [0, 0.1) is 12.7 Å². The van der Waals surface area contributed by atoms with Crippen LogP contribution in [0.2, 0.25) is 0 Å². The summed E-state index contributed by atoms with van der Waals surface area (Å²) in [6, 6.07) is 9.26. The highest BCUT2D eigenvalue weighted by atomic mass is 19.4. The van der Waals surface area contributed by atoms with Crippen LogP contribution in [0.3, 0.4) is 0 Å². The fourth-order valence-electron chi connectivity index (χ4n) is 2.12. The molecule has 0 amide bonds. The van der Waals surface area contributed by atoms with E-state index in [2.05, 4.69) is 5.43 Å². The zero-order valence-electron chi connectivity index (χ0n) is 11.2. The Kier molecular flexibility index (Phi) is 4.29. The van der Waals surface area contributed by atoms with Crippen LogP contribution in [0.15, 0.2) is 42.5 Å². The number of alkyl halides is 3. The van der Waals surface area contributed by atoms with Gasteiger partial charge in [0.15, 0.2) is 0 Å². The van der Waals surface area contributed by atoms with Gasteiger partial charge >= 0.3 is 6.18 Å². The third kappa shape index (κ3) is 3.22. The van der Waals surface area contributed by atoms with Crippen LogP contribution in [0.4, 0.5) is 17.6 Å². The van der Waals surface area contributed by atoms with E-state index in [0.29, 0.717) is 11.6 Å². The molecule has 0 saturated heterocycles. The van der Waals surface area contributed by atoms with E-state index in [0.717, 1.165) is 5.56 Å². The summed E-state index contributed by atoms with van der Waals surface area (Å²) in [5.74, 6) is 4.09. The molecule has 2 rings (SSSR count). The zero-order valence-corrected chi connectivity index (χ0v) is 11.2. The van der Waals surface area contributed by atoms with Crippen molar-refractivity contribution in [3.63, 3.8) is 0 Å². The molecule has 2 aromatic rings. The molecule has 0 heterocycles. The van der Waals surface area contributed by atoms with E-state index in [1.54, 1.807) is 24.3 Å². The van der Waals surface area contributed by atoms with E-state index in [1.807, 2.05) is 6.92 Å². The topological polar surface area (TPSA) is 38.0 Å². The highest BCUT2D eigenvalue weighted by molar-refractivity contribution is 5.37. The molecule has 3 N–H and O–H groups in total. The molecule has 1 unspecified atom stereocenters. The number of benzene rings is 2. The number of rotatable bonds is 3. The Balaban J connectivity index is 2.51. The van der Waals surface area contributed by atoms with E-state index in [9.17, 15) is 17.6 Å². The average Bonchev–Trinajstić information content (AvgIpc) is 2.42. The minimum Gasteiger partial charge on any atom is -0.271 e. The van der Waals surface area contributed by atoms with Crippen LogP contribution in [0.1, 0.15) is 28.3 Å². The summed E-state index contributed by atoms with van der Waals surface area (Å²) in [7, 11) is 0. The number of hydrazine groups is 1. The molecule has 0 fully saturated rings. The third-order valence-electron chi connectivity index (χ3n) is 3.22. The summed E-state index contributed by atoms with van der Waals surface area (Å²) in [6.45, 7) is 1.87. The maximum atomic E-state index is 14.2. The maximum absolute atomic E-state index is 14.2. The Morgan fingerprint density at radius 3 is 2.19 bits per heavy atom. The highest BCUT2D eigenvalue weighted by Gasteiger charge is 2.35. The van der Waals surface area contributed by atoms with E-state index < -0.39 is 23.6 Å². The molecule has 2 nitrogen and oxygen atoms in total. The second-order valence-electron chi connectivity index (χ2n) is 4.72. The lowest BCUT2D eigenvalue weighted by molar-refractivity contribution is -0.140. The average molecular weight is 298 g/mol. The van der Waals surface area contributed by atoms with E-state index in [1.165, 1.54) is 12.1 Å². The second-order valence-corrected chi connectivity index (χ2v) is 4.72. The van der Waals surface area contributed by atoms with Gasteiger partial charge in [-0.05, 0) is 18.6 Å². The van der Waals surface area contributed by atoms with Crippen molar-refractivity contribution in [2.75, 3.05) is 0 Å². The Bertz CT molecular complexity index is 621. The molecule has 112 valence electrons. The van der Waals surface area contributed by atoms with Gasteiger partial charge in [0.05, 0.1) is 11.6 Å². The van der Waals surface area contributed by atoms with Crippen LogP contribution in [0.5, 0.6) is 0 Å². The van der Waals surface area contributed by atoms with Crippen molar-refractivity contribution in [3.8, 4) is 0 Å². The monoisotopic (exact) mass is 298 g/mol. The van der Waals surface area contributed by atoms with Crippen LogP contribution in [-0.2, 0) is 6.18 Å². The molecule has 0 saturated carbocycles. The van der Waals surface area contributed by atoms with Gasteiger partial charge in [0.25, 0.3) is 0 Å². The van der Waals surface area contributed by atoms with Crippen molar-refractivity contribution < 1.29 is 17.6 Å². The van der Waals surface area contributed by atoms with Crippen molar-refractivity contribution in [1.82, 2.24) is 5.43 Å². The summed E-state index contributed by atoms with van der Waals surface area (Å²) in [6.07, 6.45) is -4.74. The minimum absolute atomic E-state index is 0.142. The molecule has 21 heavy (non-hydrogen) atoms. The summed E-state index contributed by atoms with van der Waals surface area (Å²) in [4.78, 5) is 0. The van der Waals surface area contributed by atoms with Crippen molar-refractivity contribution >= 4 is 0 Å². The first-order chi connectivity index (χ1) is 9.84. The fraction of sp³-hybridized carbons (Fsp3) is 0.200. The van der Waals surface area contributed by atoms with Gasteiger partial charge in [-0.2, -0.15) is 13.2 Å². The van der Waals surface area contributed by atoms with Gasteiger partial charge in [-0.15, -0.1) is 0 Å². The number of nitrogens with one attached hydrogen (secondary N) is 1. The molecule has 0 aliphatic heterocycles. The first-order valence-corrected chi connectivity index (χ1v) is 6.23. The Hall–Kier alpha value is -1.92.